The number of hydrogen-bond acceptors (Lipinski definition) is 5. The summed E-state index contributed by atoms with van der Waals surface area (Å²) >= 11 is 0. The van der Waals surface area contributed by atoms with Gasteiger partial charge in [0.25, 0.3) is 0 Å². The SMILES string of the molecule is CC(C)(C)OC(=O)c1ccc(C(=O)CO[N+](=O)O)cc1. The quantitative estimate of drug-likeness (QED) is 0.504. The first-order valence-electron chi connectivity index (χ1n) is 5.85. The van der Waals surface area contributed by atoms with Gasteiger partial charge in [-0.25, -0.2) is 10.0 Å². The Bertz CT molecular complexity index is 515. The van der Waals surface area contributed by atoms with Crippen LogP contribution >= 0.6 is 0 Å². The van der Waals surface area contributed by atoms with Gasteiger partial charge >= 0.3 is 11.1 Å². The monoisotopic (exact) mass is 282 g/mol. The maximum Gasteiger partial charge on any atom is 0.475 e. The number of esters is 1. The molecule has 0 unspecified atom stereocenters. The van der Waals surface area contributed by atoms with Gasteiger partial charge in [-0.3, -0.25) is 4.79 Å². The molecule has 0 aromatic heterocycles. The molecule has 1 aromatic carbocycles. The first-order valence-corrected chi connectivity index (χ1v) is 5.85. The van der Waals surface area contributed by atoms with Crippen LogP contribution in [0.5, 0.6) is 0 Å². The van der Waals surface area contributed by atoms with Crippen molar-refractivity contribution in [3.63, 3.8) is 0 Å². The number of nitrogens with zero attached hydrogens (tertiary/aromatic N) is 1. The highest BCUT2D eigenvalue weighted by atomic mass is 16.9. The van der Waals surface area contributed by atoms with Crippen LogP contribution in [-0.2, 0) is 9.57 Å². The largest absolute Gasteiger partial charge is 0.475 e. The molecule has 0 spiro atoms. The number of rotatable bonds is 5. The summed E-state index contributed by atoms with van der Waals surface area (Å²) in [5.74, 6) is -0.996. The van der Waals surface area contributed by atoms with Crippen molar-refractivity contribution < 1.29 is 29.5 Å². The first-order chi connectivity index (χ1) is 9.19. The highest BCUT2D eigenvalue weighted by Gasteiger charge is 2.18. The Morgan fingerprint density at radius 1 is 1.15 bits per heavy atom. The molecule has 0 aliphatic carbocycles. The van der Waals surface area contributed by atoms with Gasteiger partial charge in [-0.15, -0.1) is 0 Å². The van der Waals surface area contributed by atoms with Crippen LogP contribution in [0, 0.1) is 4.91 Å². The van der Waals surface area contributed by atoms with Gasteiger partial charge in [0.15, 0.2) is 0 Å². The lowest BCUT2D eigenvalue weighted by Gasteiger charge is -2.19. The molecule has 0 saturated carbocycles. The van der Waals surface area contributed by atoms with E-state index in [9.17, 15) is 14.5 Å². The number of hydrogen-bond donors (Lipinski definition) is 1. The standard InChI is InChI=1S/C13H16NO6/c1-13(2,3)20-12(16)10-6-4-9(5-7-10)11(15)8-19-14(17)18/h4-7H,8H2,1-3H3,(H,17,18)/q+1. The van der Waals surface area contributed by atoms with Gasteiger partial charge in [0.2, 0.25) is 12.4 Å². The molecule has 0 saturated heterocycles. The molecule has 0 aliphatic rings. The van der Waals surface area contributed by atoms with Gasteiger partial charge in [-0.1, -0.05) is 12.1 Å². The van der Waals surface area contributed by atoms with Crippen molar-refractivity contribution >= 4 is 11.8 Å². The summed E-state index contributed by atoms with van der Waals surface area (Å²) in [6, 6.07) is 5.71. The van der Waals surface area contributed by atoms with Crippen LogP contribution in [0.15, 0.2) is 24.3 Å². The maximum atomic E-state index is 11.7. The summed E-state index contributed by atoms with van der Waals surface area (Å²) in [4.78, 5) is 37.5. The summed E-state index contributed by atoms with van der Waals surface area (Å²) < 4.78 is 5.17. The number of benzene rings is 1. The Morgan fingerprint density at radius 2 is 1.65 bits per heavy atom. The Labute approximate surface area is 115 Å². The van der Waals surface area contributed by atoms with E-state index in [1.165, 1.54) is 24.3 Å². The van der Waals surface area contributed by atoms with E-state index in [-0.39, 0.29) is 5.56 Å². The fourth-order valence-corrected chi connectivity index (χ4v) is 1.33. The molecule has 108 valence electrons. The van der Waals surface area contributed by atoms with Crippen molar-refractivity contribution in [3.8, 4) is 0 Å². The Kier molecular flexibility index (Phi) is 4.79. The van der Waals surface area contributed by atoms with E-state index in [4.69, 9.17) is 9.94 Å². The molecule has 0 aliphatic heterocycles. The average Bonchev–Trinajstić information content (AvgIpc) is 2.34. The molecule has 1 N–H and O–H groups in total. The molecule has 20 heavy (non-hydrogen) atoms. The minimum Gasteiger partial charge on any atom is -0.456 e. The molecule has 7 heteroatoms. The van der Waals surface area contributed by atoms with E-state index < -0.39 is 29.0 Å². The zero-order chi connectivity index (χ0) is 15.3. The van der Waals surface area contributed by atoms with Gasteiger partial charge in [0.05, 0.1) is 5.56 Å². The van der Waals surface area contributed by atoms with Crippen molar-refractivity contribution in [1.82, 2.24) is 0 Å². The number of ketones is 1. The third-order valence-corrected chi connectivity index (χ3v) is 2.15. The van der Waals surface area contributed by atoms with Crippen LogP contribution in [0.1, 0.15) is 41.5 Å². The molecule has 0 bridgehead atoms. The van der Waals surface area contributed by atoms with E-state index >= 15 is 0 Å². The summed E-state index contributed by atoms with van der Waals surface area (Å²) in [6.45, 7) is 4.67. The predicted octanol–water partition coefficient (Wildman–Crippen LogP) is 1.92. The topological polar surface area (TPSA) is 92.9 Å². The van der Waals surface area contributed by atoms with E-state index in [0.717, 1.165) is 0 Å². The average molecular weight is 282 g/mol. The Hall–Kier alpha value is -2.44. The second-order valence-electron chi connectivity index (χ2n) is 5.01. The zero-order valence-corrected chi connectivity index (χ0v) is 11.5. The van der Waals surface area contributed by atoms with Crippen LogP contribution in [0.25, 0.3) is 0 Å². The number of carbonyl (C=O) groups excluding carboxylic acids is 2. The van der Waals surface area contributed by atoms with Crippen molar-refractivity contribution in [1.29, 1.82) is 0 Å². The third kappa shape index (κ3) is 5.05. The summed E-state index contributed by atoms with van der Waals surface area (Å²) in [5.41, 5.74) is -0.0397. The maximum absolute atomic E-state index is 11.7. The molecule has 1 aromatic rings. The fourth-order valence-electron chi connectivity index (χ4n) is 1.33. The van der Waals surface area contributed by atoms with E-state index in [0.29, 0.717) is 5.56 Å². The summed E-state index contributed by atoms with van der Waals surface area (Å²) in [5, 5.41) is 7.43. The van der Waals surface area contributed by atoms with Crippen molar-refractivity contribution in [3.05, 3.63) is 40.3 Å². The molecular formula is C13H16NO6+. The normalized spacial score (nSPS) is 10.8. The minimum absolute atomic E-state index is 0.249. The van der Waals surface area contributed by atoms with Crippen molar-refractivity contribution in [2.75, 3.05) is 6.61 Å². The first kappa shape index (κ1) is 15.6. The smallest absolute Gasteiger partial charge is 0.456 e. The van der Waals surface area contributed by atoms with Crippen molar-refractivity contribution in [2.24, 2.45) is 0 Å². The fraction of sp³-hybridized carbons (Fsp3) is 0.385. The Balaban J connectivity index is 2.71. The Morgan fingerprint density at radius 3 is 2.10 bits per heavy atom. The van der Waals surface area contributed by atoms with Crippen LogP contribution in [0.3, 0.4) is 0 Å². The van der Waals surface area contributed by atoms with Crippen LogP contribution in [-0.4, -0.2) is 34.3 Å². The van der Waals surface area contributed by atoms with E-state index in [1.54, 1.807) is 20.8 Å². The summed E-state index contributed by atoms with van der Waals surface area (Å²) in [6.07, 6.45) is 0. The van der Waals surface area contributed by atoms with Gasteiger partial charge in [-0.2, -0.15) is 4.84 Å². The lowest BCUT2D eigenvalue weighted by molar-refractivity contribution is -0.973. The van der Waals surface area contributed by atoms with Gasteiger partial charge in [-0.05, 0) is 32.9 Å². The van der Waals surface area contributed by atoms with Crippen LogP contribution < -0.4 is 0 Å². The molecule has 0 fully saturated rings. The van der Waals surface area contributed by atoms with Crippen LogP contribution in [0.4, 0.5) is 0 Å². The van der Waals surface area contributed by atoms with E-state index in [1.807, 2.05) is 0 Å². The van der Waals surface area contributed by atoms with Gasteiger partial charge < -0.3 is 4.74 Å². The molecule has 0 atom stereocenters. The third-order valence-electron chi connectivity index (χ3n) is 2.15. The number of carbonyl (C=O) groups is 2. The highest BCUT2D eigenvalue weighted by molar-refractivity contribution is 5.98. The predicted molar refractivity (Wildman–Crippen MR) is 67.3 cm³/mol. The number of Topliss-reactive ketones (excluding diaryl/α,β-unsaturated/α-hetero) is 1. The molecular weight excluding hydrogens is 266 g/mol. The molecule has 1 rings (SSSR count). The lowest BCUT2D eigenvalue weighted by Crippen LogP contribution is -2.23. The van der Waals surface area contributed by atoms with E-state index in [2.05, 4.69) is 4.84 Å². The molecule has 0 radical (unpaired) electrons. The second-order valence-corrected chi connectivity index (χ2v) is 5.01. The molecule has 7 nitrogen and oxygen atoms in total. The van der Waals surface area contributed by atoms with Gasteiger partial charge in [0.1, 0.15) is 10.5 Å². The zero-order valence-electron chi connectivity index (χ0n) is 11.5. The molecule has 0 heterocycles. The lowest BCUT2D eigenvalue weighted by atomic mass is 10.1. The summed E-state index contributed by atoms with van der Waals surface area (Å²) in [7, 11) is 0. The van der Waals surface area contributed by atoms with Gasteiger partial charge in [0, 0.05) is 5.56 Å². The molecule has 0 amide bonds. The number of ether oxygens (including phenoxy) is 1. The van der Waals surface area contributed by atoms with Crippen molar-refractivity contribution in [2.45, 2.75) is 26.4 Å². The van der Waals surface area contributed by atoms with Crippen LogP contribution in [0.2, 0.25) is 0 Å². The minimum atomic E-state index is -0.785. The highest BCUT2D eigenvalue weighted by Crippen LogP contribution is 2.13. The second kappa shape index (κ2) is 6.14.